The molecule has 1 aliphatic rings. The number of hydrogen-bond donors (Lipinski definition) is 2. The molecule has 1 fully saturated rings. The van der Waals surface area contributed by atoms with Crippen molar-refractivity contribution in [3.63, 3.8) is 0 Å². The van der Waals surface area contributed by atoms with Crippen LogP contribution in [-0.2, 0) is 0 Å². The second-order valence-corrected chi connectivity index (χ2v) is 3.55. The minimum atomic E-state index is 0.486. The SMILES string of the molecule is CCN(C)C(=NC1CCCC1)NN. The number of nitrogens with two attached hydrogens (primary N) is 1. The van der Waals surface area contributed by atoms with E-state index in [9.17, 15) is 0 Å². The third-order valence-electron chi connectivity index (χ3n) is 2.59. The Kier molecular flexibility index (Phi) is 4.02. The second kappa shape index (κ2) is 5.07. The monoisotopic (exact) mass is 184 g/mol. The summed E-state index contributed by atoms with van der Waals surface area (Å²) in [5, 5.41) is 0. The molecule has 0 atom stereocenters. The molecule has 0 radical (unpaired) electrons. The molecule has 76 valence electrons. The molecular weight excluding hydrogens is 164 g/mol. The van der Waals surface area contributed by atoms with Gasteiger partial charge in [-0.3, -0.25) is 5.43 Å². The van der Waals surface area contributed by atoms with Crippen LogP contribution in [0.1, 0.15) is 32.6 Å². The molecule has 0 spiro atoms. The Hall–Kier alpha value is -0.770. The summed E-state index contributed by atoms with van der Waals surface area (Å²) in [5.74, 6) is 6.22. The van der Waals surface area contributed by atoms with Crippen LogP contribution in [-0.4, -0.2) is 30.5 Å². The molecule has 13 heavy (non-hydrogen) atoms. The van der Waals surface area contributed by atoms with Crippen molar-refractivity contribution >= 4 is 5.96 Å². The van der Waals surface area contributed by atoms with Crippen molar-refractivity contribution < 1.29 is 0 Å². The Balaban J connectivity index is 2.52. The first kappa shape index (κ1) is 10.3. The molecule has 1 saturated carbocycles. The lowest BCUT2D eigenvalue weighted by Gasteiger charge is -2.19. The zero-order valence-electron chi connectivity index (χ0n) is 8.58. The van der Waals surface area contributed by atoms with Crippen LogP contribution in [0.25, 0.3) is 0 Å². The summed E-state index contributed by atoms with van der Waals surface area (Å²) in [5.41, 5.74) is 2.66. The Bertz CT molecular complexity index is 172. The van der Waals surface area contributed by atoms with Gasteiger partial charge in [0.1, 0.15) is 0 Å². The summed E-state index contributed by atoms with van der Waals surface area (Å²) in [6.07, 6.45) is 5.04. The molecule has 0 bridgehead atoms. The molecule has 4 nitrogen and oxygen atoms in total. The number of hydrazine groups is 1. The minimum absolute atomic E-state index is 0.486. The zero-order valence-corrected chi connectivity index (χ0v) is 8.58. The Labute approximate surface area is 80.2 Å². The van der Waals surface area contributed by atoms with Crippen molar-refractivity contribution in [1.82, 2.24) is 10.3 Å². The number of nitrogens with one attached hydrogen (secondary N) is 1. The van der Waals surface area contributed by atoms with Crippen LogP contribution >= 0.6 is 0 Å². The summed E-state index contributed by atoms with van der Waals surface area (Å²) >= 11 is 0. The lowest BCUT2D eigenvalue weighted by atomic mass is 10.3. The summed E-state index contributed by atoms with van der Waals surface area (Å²) < 4.78 is 0. The molecule has 0 saturated heterocycles. The summed E-state index contributed by atoms with van der Waals surface area (Å²) in [4.78, 5) is 6.60. The number of guanidine groups is 1. The van der Waals surface area contributed by atoms with Gasteiger partial charge in [-0.05, 0) is 19.8 Å². The van der Waals surface area contributed by atoms with Crippen LogP contribution in [0, 0.1) is 0 Å². The molecule has 0 aromatic heterocycles. The van der Waals surface area contributed by atoms with Gasteiger partial charge in [-0.2, -0.15) is 0 Å². The van der Waals surface area contributed by atoms with Gasteiger partial charge in [0.15, 0.2) is 0 Å². The average Bonchev–Trinajstić information content (AvgIpc) is 2.65. The fraction of sp³-hybridized carbons (Fsp3) is 0.889. The molecule has 0 unspecified atom stereocenters. The maximum absolute atomic E-state index is 5.40. The number of aliphatic imine (C=N–C) groups is 1. The van der Waals surface area contributed by atoms with Gasteiger partial charge < -0.3 is 4.90 Å². The first-order chi connectivity index (χ1) is 6.27. The normalized spacial score (nSPS) is 19.2. The third-order valence-corrected chi connectivity index (χ3v) is 2.59. The fourth-order valence-corrected chi connectivity index (χ4v) is 1.60. The van der Waals surface area contributed by atoms with Crippen LogP contribution in [0.4, 0.5) is 0 Å². The van der Waals surface area contributed by atoms with Crippen molar-refractivity contribution in [2.75, 3.05) is 13.6 Å². The van der Waals surface area contributed by atoms with E-state index in [-0.39, 0.29) is 0 Å². The van der Waals surface area contributed by atoms with E-state index in [2.05, 4.69) is 17.3 Å². The predicted molar refractivity (Wildman–Crippen MR) is 55.3 cm³/mol. The van der Waals surface area contributed by atoms with Crippen molar-refractivity contribution in [3.8, 4) is 0 Å². The molecule has 0 aromatic carbocycles. The average molecular weight is 184 g/mol. The van der Waals surface area contributed by atoms with Crippen molar-refractivity contribution in [2.45, 2.75) is 38.6 Å². The minimum Gasteiger partial charge on any atom is -0.345 e. The quantitative estimate of drug-likeness (QED) is 0.287. The van der Waals surface area contributed by atoms with E-state index >= 15 is 0 Å². The highest BCUT2D eigenvalue weighted by Crippen LogP contribution is 2.20. The lowest BCUT2D eigenvalue weighted by molar-refractivity contribution is 0.501. The van der Waals surface area contributed by atoms with Crippen LogP contribution in [0.15, 0.2) is 4.99 Å². The van der Waals surface area contributed by atoms with E-state index in [0.717, 1.165) is 12.5 Å². The standard InChI is InChI=1S/C9H20N4/c1-3-13(2)9(12-10)11-8-6-4-5-7-8/h8H,3-7,10H2,1-2H3,(H,11,12). The predicted octanol–water partition coefficient (Wildman–Crippen LogP) is 0.700. The molecule has 3 N–H and O–H groups in total. The topological polar surface area (TPSA) is 53.6 Å². The highest BCUT2D eigenvalue weighted by atomic mass is 15.4. The van der Waals surface area contributed by atoms with Gasteiger partial charge in [-0.25, -0.2) is 10.8 Å². The maximum atomic E-state index is 5.40. The third kappa shape index (κ3) is 2.88. The molecule has 0 aliphatic heterocycles. The van der Waals surface area contributed by atoms with E-state index in [1.165, 1.54) is 25.7 Å². The molecule has 0 amide bonds. The van der Waals surface area contributed by atoms with Crippen molar-refractivity contribution in [3.05, 3.63) is 0 Å². The molecular formula is C9H20N4. The fourth-order valence-electron chi connectivity index (χ4n) is 1.60. The van der Waals surface area contributed by atoms with Crippen LogP contribution in [0.2, 0.25) is 0 Å². The maximum Gasteiger partial charge on any atom is 0.208 e. The van der Waals surface area contributed by atoms with Crippen molar-refractivity contribution in [1.29, 1.82) is 0 Å². The molecule has 4 heteroatoms. The van der Waals surface area contributed by atoms with Crippen LogP contribution in [0.5, 0.6) is 0 Å². The van der Waals surface area contributed by atoms with Gasteiger partial charge in [0.2, 0.25) is 5.96 Å². The van der Waals surface area contributed by atoms with Gasteiger partial charge in [-0.15, -0.1) is 0 Å². The van der Waals surface area contributed by atoms with Gasteiger partial charge in [0.25, 0.3) is 0 Å². The van der Waals surface area contributed by atoms with E-state index in [0.29, 0.717) is 6.04 Å². The Morgan fingerprint density at radius 3 is 2.62 bits per heavy atom. The van der Waals surface area contributed by atoms with Gasteiger partial charge in [0, 0.05) is 13.6 Å². The Morgan fingerprint density at radius 1 is 1.54 bits per heavy atom. The van der Waals surface area contributed by atoms with Crippen molar-refractivity contribution in [2.24, 2.45) is 10.8 Å². The van der Waals surface area contributed by atoms with Crippen LogP contribution < -0.4 is 11.3 Å². The highest BCUT2D eigenvalue weighted by molar-refractivity contribution is 5.79. The summed E-state index contributed by atoms with van der Waals surface area (Å²) in [6, 6.07) is 0.486. The largest absolute Gasteiger partial charge is 0.345 e. The number of hydrogen-bond acceptors (Lipinski definition) is 2. The molecule has 0 heterocycles. The Morgan fingerprint density at radius 2 is 2.15 bits per heavy atom. The molecule has 0 aromatic rings. The van der Waals surface area contributed by atoms with E-state index in [1.54, 1.807) is 0 Å². The second-order valence-electron chi connectivity index (χ2n) is 3.55. The first-order valence-electron chi connectivity index (χ1n) is 5.03. The number of nitrogens with zero attached hydrogens (tertiary/aromatic N) is 2. The van der Waals surface area contributed by atoms with Gasteiger partial charge in [-0.1, -0.05) is 12.8 Å². The van der Waals surface area contributed by atoms with E-state index in [1.807, 2.05) is 11.9 Å². The zero-order chi connectivity index (χ0) is 9.68. The van der Waals surface area contributed by atoms with E-state index in [4.69, 9.17) is 5.84 Å². The molecule has 1 aliphatic carbocycles. The van der Waals surface area contributed by atoms with Crippen LogP contribution in [0.3, 0.4) is 0 Å². The smallest absolute Gasteiger partial charge is 0.208 e. The van der Waals surface area contributed by atoms with Gasteiger partial charge >= 0.3 is 0 Å². The number of rotatable bonds is 2. The summed E-state index contributed by atoms with van der Waals surface area (Å²) in [7, 11) is 1.99. The highest BCUT2D eigenvalue weighted by Gasteiger charge is 2.15. The lowest BCUT2D eigenvalue weighted by Crippen LogP contribution is -2.43. The van der Waals surface area contributed by atoms with E-state index < -0.39 is 0 Å². The molecule has 1 rings (SSSR count). The van der Waals surface area contributed by atoms with Gasteiger partial charge in [0.05, 0.1) is 6.04 Å². The first-order valence-corrected chi connectivity index (χ1v) is 5.03. The summed E-state index contributed by atoms with van der Waals surface area (Å²) in [6.45, 7) is 3.01.